The number of carboxylic acid groups (broad SMARTS) is 1. The number of ether oxygens (including phenoxy) is 1. The predicted molar refractivity (Wildman–Crippen MR) is 65.0 cm³/mol. The molecule has 0 amide bonds. The molecule has 0 aliphatic carbocycles. The molecule has 1 aromatic carbocycles. The highest BCUT2D eigenvalue weighted by Crippen LogP contribution is 2.16. The molecule has 0 fully saturated rings. The lowest BCUT2D eigenvalue weighted by atomic mass is 10.2. The maximum absolute atomic E-state index is 11.9. The summed E-state index contributed by atoms with van der Waals surface area (Å²) in [5.74, 6) is -1.42. The second kappa shape index (κ2) is 5.83. The van der Waals surface area contributed by atoms with Crippen molar-refractivity contribution in [2.45, 2.75) is 11.8 Å². The molecule has 0 saturated heterocycles. The topological polar surface area (TPSA) is 92.7 Å². The zero-order chi connectivity index (χ0) is 13.8. The van der Waals surface area contributed by atoms with Gasteiger partial charge in [0.05, 0.1) is 17.9 Å². The molecular formula is C11H15NO5S. The Morgan fingerprint density at radius 1 is 1.50 bits per heavy atom. The minimum absolute atomic E-state index is 0.0411. The molecular weight excluding hydrogens is 258 g/mol. The van der Waals surface area contributed by atoms with E-state index in [0.29, 0.717) is 5.75 Å². The molecule has 0 saturated carbocycles. The molecule has 0 aliphatic rings. The summed E-state index contributed by atoms with van der Waals surface area (Å²) in [6.07, 6.45) is 0. The molecule has 0 heterocycles. The second-order valence-electron chi connectivity index (χ2n) is 3.77. The van der Waals surface area contributed by atoms with Crippen molar-refractivity contribution in [1.29, 1.82) is 0 Å². The summed E-state index contributed by atoms with van der Waals surface area (Å²) in [7, 11) is -2.28. The van der Waals surface area contributed by atoms with E-state index in [4.69, 9.17) is 9.84 Å². The van der Waals surface area contributed by atoms with Crippen LogP contribution in [0.15, 0.2) is 29.2 Å². The summed E-state index contributed by atoms with van der Waals surface area (Å²) in [6.45, 7) is 1.27. The van der Waals surface area contributed by atoms with Crippen LogP contribution in [0, 0.1) is 5.92 Å². The normalized spacial score (nSPS) is 13.0. The van der Waals surface area contributed by atoms with E-state index < -0.39 is 21.9 Å². The van der Waals surface area contributed by atoms with Crippen molar-refractivity contribution in [1.82, 2.24) is 4.72 Å². The third kappa shape index (κ3) is 3.71. The van der Waals surface area contributed by atoms with E-state index in [1.807, 2.05) is 0 Å². The Bertz CT molecular complexity index is 526. The average Bonchev–Trinajstić information content (AvgIpc) is 2.36. The molecule has 100 valence electrons. The van der Waals surface area contributed by atoms with Crippen LogP contribution in [0.2, 0.25) is 0 Å². The van der Waals surface area contributed by atoms with Gasteiger partial charge in [0.1, 0.15) is 5.75 Å². The lowest BCUT2D eigenvalue weighted by Gasteiger charge is -2.10. The number of hydrogen-bond acceptors (Lipinski definition) is 4. The number of carbonyl (C=O) groups is 1. The van der Waals surface area contributed by atoms with Gasteiger partial charge in [-0.1, -0.05) is 13.0 Å². The van der Waals surface area contributed by atoms with E-state index in [-0.39, 0.29) is 11.4 Å². The summed E-state index contributed by atoms with van der Waals surface area (Å²) < 4.78 is 30.9. The smallest absolute Gasteiger partial charge is 0.307 e. The SMILES string of the molecule is COc1cccc(S(=O)(=O)NCC(C)C(=O)O)c1. The van der Waals surface area contributed by atoms with Crippen molar-refractivity contribution < 1.29 is 23.1 Å². The number of rotatable bonds is 6. The van der Waals surface area contributed by atoms with Gasteiger partial charge in [-0.25, -0.2) is 13.1 Å². The Morgan fingerprint density at radius 2 is 2.17 bits per heavy atom. The maximum Gasteiger partial charge on any atom is 0.307 e. The predicted octanol–water partition coefficient (Wildman–Crippen LogP) is 0.694. The summed E-state index contributed by atoms with van der Waals surface area (Å²) in [4.78, 5) is 10.6. The Balaban J connectivity index is 2.83. The molecule has 6 nitrogen and oxygen atoms in total. The van der Waals surface area contributed by atoms with Gasteiger partial charge in [0, 0.05) is 12.6 Å². The largest absolute Gasteiger partial charge is 0.497 e. The molecule has 1 aromatic rings. The van der Waals surface area contributed by atoms with Gasteiger partial charge in [-0.15, -0.1) is 0 Å². The minimum Gasteiger partial charge on any atom is -0.497 e. The number of carboxylic acids is 1. The summed E-state index contributed by atoms with van der Waals surface area (Å²) >= 11 is 0. The Hall–Kier alpha value is -1.60. The number of methoxy groups -OCH3 is 1. The molecule has 1 unspecified atom stereocenters. The number of nitrogens with one attached hydrogen (secondary N) is 1. The number of benzene rings is 1. The highest BCUT2D eigenvalue weighted by molar-refractivity contribution is 7.89. The van der Waals surface area contributed by atoms with Crippen LogP contribution in [-0.2, 0) is 14.8 Å². The first kappa shape index (κ1) is 14.5. The van der Waals surface area contributed by atoms with Crippen LogP contribution in [0.5, 0.6) is 5.75 Å². The molecule has 0 spiro atoms. The lowest BCUT2D eigenvalue weighted by Crippen LogP contribution is -2.31. The summed E-state index contributed by atoms with van der Waals surface area (Å²) in [6, 6.07) is 5.96. The zero-order valence-corrected chi connectivity index (χ0v) is 10.9. The molecule has 1 rings (SSSR count). The van der Waals surface area contributed by atoms with Gasteiger partial charge < -0.3 is 9.84 Å². The Morgan fingerprint density at radius 3 is 2.72 bits per heavy atom. The summed E-state index contributed by atoms with van der Waals surface area (Å²) in [5.41, 5.74) is 0. The van der Waals surface area contributed by atoms with Crippen LogP contribution < -0.4 is 9.46 Å². The molecule has 1 atom stereocenters. The fourth-order valence-corrected chi connectivity index (χ4v) is 2.34. The fraction of sp³-hybridized carbons (Fsp3) is 0.364. The van der Waals surface area contributed by atoms with Gasteiger partial charge in [-0.2, -0.15) is 0 Å². The van der Waals surface area contributed by atoms with E-state index >= 15 is 0 Å². The summed E-state index contributed by atoms with van der Waals surface area (Å²) in [5, 5.41) is 8.68. The van der Waals surface area contributed by atoms with Crippen LogP contribution >= 0.6 is 0 Å². The quantitative estimate of drug-likeness (QED) is 0.795. The van der Waals surface area contributed by atoms with Crippen LogP contribution in [0.3, 0.4) is 0 Å². The molecule has 7 heteroatoms. The van der Waals surface area contributed by atoms with Gasteiger partial charge >= 0.3 is 5.97 Å². The third-order valence-corrected chi connectivity index (χ3v) is 3.77. The van der Waals surface area contributed by atoms with Crippen molar-refractivity contribution in [3.63, 3.8) is 0 Å². The van der Waals surface area contributed by atoms with E-state index in [1.165, 1.54) is 26.2 Å². The van der Waals surface area contributed by atoms with Crippen molar-refractivity contribution in [2.24, 2.45) is 5.92 Å². The van der Waals surface area contributed by atoms with Crippen LogP contribution in [0.25, 0.3) is 0 Å². The van der Waals surface area contributed by atoms with Crippen molar-refractivity contribution in [3.8, 4) is 5.75 Å². The first-order chi connectivity index (χ1) is 8.36. The zero-order valence-electron chi connectivity index (χ0n) is 10.1. The number of aliphatic carboxylic acids is 1. The monoisotopic (exact) mass is 273 g/mol. The second-order valence-corrected chi connectivity index (χ2v) is 5.54. The standard InChI is InChI=1S/C11H15NO5S/c1-8(11(13)14)7-12-18(15,16)10-5-3-4-9(6-10)17-2/h3-6,8,12H,7H2,1-2H3,(H,13,14). The van der Waals surface area contributed by atoms with Crippen LogP contribution in [0.1, 0.15) is 6.92 Å². The van der Waals surface area contributed by atoms with E-state index in [0.717, 1.165) is 0 Å². The maximum atomic E-state index is 11.9. The highest BCUT2D eigenvalue weighted by atomic mass is 32.2. The van der Waals surface area contributed by atoms with E-state index in [2.05, 4.69) is 4.72 Å². The van der Waals surface area contributed by atoms with Gasteiger partial charge in [0.25, 0.3) is 0 Å². The van der Waals surface area contributed by atoms with Gasteiger partial charge in [-0.3, -0.25) is 4.79 Å². The van der Waals surface area contributed by atoms with Crippen molar-refractivity contribution in [3.05, 3.63) is 24.3 Å². The molecule has 0 aromatic heterocycles. The van der Waals surface area contributed by atoms with E-state index in [9.17, 15) is 13.2 Å². The Kier molecular flexibility index (Phi) is 4.69. The highest BCUT2D eigenvalue weighted by Gasteiger charge is 2.18. The van der Waals surface area contributed by atoms with Crippen molar-refractivity contribution in [2.75, 3.05) is 13.7 Å². The molecule has 0 aliphatic heterocycles. The molecule has 18 heavy (non-hydrogen) atoms. The van der Waals surface area contributed by atoms with Crippen LogP contribution in [-0.4, -0.2) is 33.1 Å². The first-order valence-electron chi connectivity index (χ1n) is 5.23. The number of sulfonamides is 1. The third-order valence-electron chi connectivity index (χ3n) is 2.35. The average molecular weight is 273 g/mol. The van der Waals surface area contributed by atoms with E-state index in [1.54, 1.807) is 12.1 Å². The minimum atomic E-state index is -3.71. The van der Waals surface area contributed by atoms with Gasteiger partial charge in [-0.05, 0) is 12.1 Å². The number of hydrogen-bond donors (Lipinski definition) is 2. The molecule has 2 N–H and O–H groups in total. The molecule has 0 radical (unpaired) electrons. The first-order valence-corrected chi connectivity index (χ1v) is 6.71. The van der Waals surface area contributed by atoms with Crippen molar-refractivity contribution >= 4 is 16.0 Å². The lowest BCUT2D eigenvalue weighted by molar-refractivity contribution is -0.140. The Labute approximate surface area is 106 Å². The van der Waals surface area contributed by atoms with Gasteiger partial charge in [0.2, 0.25) is 10.0 Å². The van der Waals surface area contributed by atoms with Gasteiger partial charge in [0.15, 0.2) is 0 Å². The molecule has 0 bridgehead atoms. The van der Waals surface area contributed by atoms with Crippen LogP contribution in [0.4, 0.5) is 0 Å². The fourth-order valence-electron chi connectivity index (χ4n) is 1.17.